The Bertz CT molecular complexity index is 435. The van der Waals surface area contributed by atoms with E-state index in [0.29, 0.717) is 0 Å². The van der Waals surface area contributed by atoms with Crippen molar-refractivity contribution in [1.82, 2.24) is 9.78 Å². The van der Waals surface area contributed by atoms with Crippen molar-refractivity contribution in [3.63, 3.8) is 0 Å². The Balaban J connectivity index is 1.96. The molecule has 2 heterocycles. The summed E-state index contributed by atoms with van der Waals surface area (Å²) in [7, 11) is 3.60. The van der Waals surface area contributed by atoms with E-state index in [4.69, 9.17) is 4.74 Å². The standard InChI is InChI=1S/C10H13N3OS/c1-13-9(5-6-12-13)11-7-8-3-4-10(14-2)15-8/h3-6,11H,7H2,1-2H3. The summed E-state index contributed by atoms with van der Waals surface area (Å²) in [5.74, 6) is 1.02. The molecule has 0 bridgehead atoms. The van der Waals surface area contributed by atoms with Crippen molar-refractivity contribution < 1.29 is 4.74 Å². The number of anilines is 1. The Morgan fingerprint density at radius 3 is 2.93 bits per heavy atom. The first-order valence-electron chi connectivity index (χ1n) is 4.64. The van der Waals surface area contributed by atoms with Crippen molar-refractivity contribution in [2.24, 2.45) is 7.05 Å². The molecule has 0 aromatic carbocycles. The Kier molecular flexibility index (Phi) is 2.91. The van der Waals surface area contributed by atoms with Crippen molar-refractivity contribution in [3.05, 3.63) is 29.3 Å². The van der Waals surface area contributed by atoms with E-state index >= 15 is 0 Å². The van der Waals surface area contributed by atoms with E-state index in [2.05, 4.69) is 16.5 Å². The van der Waals surface area contributed by atoms with E-state index in [1.165, 1.54) is 4.88 Å². The van der Waals surface area contributed by atoms with E-state index in [-0.39, 0.29) is 0 Å². The molecule has 0 amide bonds. The number of nitrogens with one attached hydrogen (secondary N) is 1. The van der Waals surface area contributed by atoms with Crippen molar-refractivity contribution in [3.8, 4) is 5.06 Å². The molecular weight excluding hydrogens is 210 g/mol. The van der Waals surface area contributed by atoms with Gasteiger partial charge in [0.15, 0.2) is 5.06 Å². The second kappa shape index (κ2) is 4.35. The highest BCUT2D eigenvalue weighted by molar-refractivity contribution is 7.13. The molecule has 15 heavy (non-hydrogen) atoms. The zero-order valence-corrected chi connectivity index (χ0v) is 9.54. The van der Waals surface area contributed by atoms with E-state index in [9.17, 15) is 0 Å². The van der Waals surface area contributed by atoms with Gasteiger partial charge >= 0.3 is 0 Å². The fourth-order valence-corrected chi connectivity index (χ4v) is 2.05. The molecule has 2 aromatic rings. The maximum Gasteiger partial charge on any atom is 0.173 e. The second-order valence-corrected chi connectivity index (χ2v) is 4.25. The molecule has 4 nitrogen and oxygen atoms in total. The normalized spacial score (nSPS) is 10.3. The fourth-order valence-electron chi connectivity index (χ4n) is 1.29. The van der Waals surface area contributed by atoms with Gasteiger partial charge in [-0.1, -0.05) is 0 Å². The predicted octanol–water partition coefficient (Wildman–Crippen LogP) is 2.10. The molecule has 0 saturated carbocycles. The van der Waals surface area contributed by atoms with E-state index in [1.807, 2.05) is 23.9 Å². The molecule has 0 aliphatic rings. The van der Waals surface area contributed by atoms with Crippen LogP contribution in [0.2, 0.25) is 0 Å². The van der Waals surface area contributed by atoms with Crippen LogP contribution in [-0.4, -0.2) is 16.9 Å². The highest BCUT2D eigenvalue weighted by Gasteiger charge is 2.01. The molecule has 2 rings (SSSR count). The lowest BCUT2D eigenvalue weighted by atomic mass is 10.4. The molecule has 0 aliphatic heterocycles. The average molecular weight is 223 g/mol. The third-order valence-electron chi connectivity index (χ3n) is 2.10. The van der Waals surface area contributed by atoms with Crippen molar-refractivity contribution >= 4 is 17.2 Å². The lowest BCUT2D eigenvalue weighted by Gasteiger charge is -2.03. The van der Waals surface area contributed by atoms with E-state index in [0.717, 1.165) is 17.4 Å². The summed E-state index contributed by atoms with van der Waals surface area (Å²) in [6.07, 6.45) is 1.78. The third kappa shape index (κ3) is 2.30. The predicted molar refractivity (Wildman–Crippen MR) is 61.4 cm³/mol. The summed E-state index contributed by atoms with van der Waals surface area (Å²) in [6.45, 7) is 0.799. The second-order valence-electron chi connectivity index (χ2n) is 3.12. The molecule has 0 aliphatic carbocycles. The van der Waals surface area contributed by atoms with E-state index in [1.54, 1.807) is 24.6 Å². The molecule has 80 valence electrons. The zero-order chi connectivity index (χ0) is 10.7. The molecule has 5 heteroatoms. The van der Waals surface area contributed by atoms with Gasteiger partial charge < -0.3 is 10.1 Å². The largest absolute Gasteiger partial charge is 0.487 e. The summed E-state index contributed by atoms with van der Waals surface area (Å²) < 4.78 is 6.94. The Hall–Kier alpha value is -1.49. The first-order chi connectivity index (χ1) is 7.29. The minimum Gasteiger partial charge on any atom is -0.487 e. The summed E-state index contributed by atoms with van der Waals surface area (Å²) in [5.41, 5.74) is 0. The number of aryl methyl sites for hydroxylation is 1. The molecule has 0 unspecified atom stereocenters. The molecule has 2 aromatic heterocycles. The van der Waals surface area contributed by atoms with Gasteiger partial charge in [-0.2, -0.15) is 5.10 Å². The molecule has 0 saturated heterocycles. The number of aromatic nitrogens is 2. The minimum absolute atomic E-state index is 0.799. The average Bonchev–Trinajstić information content (AvgIpc) is 2.84. The fraction of sp³-hybridized carbons (Fsp3) is 0.300. The number of rotatable bonds is 4. The quantitative estimate of drug-likeness (QED) is 0.862. The Labute approximate surface area is 92.5 Å². The van der Waals surface area contributed by atoms with Crippen LogP contribution in [0.25, 0.3) is 0 Å². The molecular formula is C10H13N3OS. The van der Waals surface area contributed by atoms with Gasteiger partial charge in [0.25, 0.3) is 0 Å². The lowest BCUT2D eigenvalue weighted by Crippen LogP contribution is -2.03. The van der Waals surface area contributed by atoms with Crippen LogP contribution in [0.1, 0.15) is 4.88 Å². The van der Waals surface area contributed by atoms with Crippen molar-refractivity contribution in [2.75, 3.05) is 12.4 Å². The first kappa shape index (κ1) is 10.0. The smallest absolute Gasteiger partial charge is 0.173 e. The monoisotopic (exact) mass is 223 g/mol. The number of thiophene rings is 1. The van der Waals surface area contributed by atoms with Gasteiger partial charge in [-0.05, 0) is 12.1 Å². The van der Waals surface area contributed by atoms with E-state index < -0.39 is 0 Å². The lowest BCUT2D eigenvalue weighted by molar-refractivity contribution is 0.427. The molecule has 0 radical (unpaired) electrons. The number of nitrogens with zero attached hydrogens (tertiary/aromatic N) is 2. The SMILES string of the molecule is COc1ccc(CNc2ccnn2C)s1. The number of hydrogen-bond donors (Lipinski definition) is 1. The van der Waals surface area contributed by atoms with Gasteiger partial charge in [0.05, 0.1) is 19.9 Å². The van der Waals surface area contributed by atoms with Crippen LogP contribution in [0.4, 0.5) is 5.82 Å². The summed E-state index contributed by atoms with van der Waals surface area (Å²) >= 11 is 1.65. The van der Waals surface area contributed by atoms with Crippen molar-refractivity contribution in [2.45, 2.75) is 6.54 Å². The van der Waals surface area contributed by atoms with Crippen LogP contribution in [-0.2, 0) is 13.6 Å². The summed E-state index contributed by atoms with van der Waals surface area (Å²) in [6, 6.07) is 5.99. The van der Waals surface area contributed by atoms with Gasteiger partial charge in [0, 0.05) is 18.0 Å². The molecule has 1 N–H and O–H groups in total. The van der Waals surface area contributed by atoms with Crippen LogP contribution in [0, 0.1) is 0 Å². The number of ether oxygens (including phenoxy) is 1. The van der Waals surface area contributed by atoms with Crippen LogP contribution in [0.15, 0.2) is 24.4 Å². The van der Waals surface area contributed by atoms with Gasteiger partial charge in [-0.15, -0.1) is 11.3 Å². The maximum absolute atomic E-state index is 5.13. The Morgan fingerprint density at radius 2 is 2.33 bits per heavy atom. The van der Waals surface area contributed by atoms with Crippen LogP contribution < -0.4 is 10.1 Å². The molecule has 0 fully saturated rings. The number of hydrogen-bond acceptors (Lipinski definition) is 4. The van der Waals surface area contributed by atoms with Crippen LogP contribution >= 0.6 is 11.3 Å². The minimum atomic E-state index is 0.799. The van der Waals surface area contributed by atoms with Gasteiger partial charge in [-0.3, -0.25) is 4.68 Å². The van der Waals surface area contributed by atoms with Crippen molar-refractivity contribution in [1.29, 1.82) is 0 Å². The van der Waals surface area contributed by atoms with Gasteiger partial charge in [-0.25, -0.2) is 0 Å². The molecule has 0 spiro atoms. The summed E-state index contributed by atoms with van der Waals surface area (Å²) in [4.78, 5) is 1.24. The van der Waals surface area contributed by atoms with Crippen LogP contribution in [0.3, 0.4) is 0 Å². The number of methoxy groups -OCH3 is 1. The summed E-state index contributed by atoms with van der Waals surface area (Å²) in [5, 5.41) is 8.33. The highest BCUT2D eigenvalue weighted by Crippen LogP contribution is 2.24. The Morgan fingerprint density at radius 1 is 1.47 bits per heavy atom. The highest BCUT2D eigenvalue weighted by atomic mass is 32.1. The topological polar surface area (TPSA) is 39.1 Å². The zero-order valence-electron chi connectivity index (χ0n) is 8.73. The maximum atomic E-state index is 5.13. The first-order valence-corrected chi connectivity index (χ1v) is 5.46. The van der Waals surface area contributed by atoms with Gasteiger partial charge in [0.2, 0.25) is 0 Å². The third-order valence-corrected chi connectivity index (χ3v) is 3.15. The van der Waals surface area contributed by atoms with Crippen LogP contribution in [0.5, 0.6) is 5.06 Å². The van der Waals surface area contributed by atoms with Gasteiger partial charge in [0.1, 0.15) is 5.82 Å². The molecule has 0 atom stereocenters.